The second-order valence-electron chi connectivity index (χ2n) is 5.08. The van der Waals surface area contributed by atoms with Gasteiger partial charge in [-0.1, -0.05) is 31.2 Å². The molecule has 3 heteroatoms. The van der Waals surface area contributed by atoms with Crippen molar-refractivity contribution in [2.24, 2.45) is 0 Å². The van der Waals surface area contributed by atoms with E-state index in [-0.39, 0.29) is 6.04 Å². The van der Waals surface area contributed by atoms with Crippen LogP contribution in [0, 0.1) is 0 Å². The average molecular weight is 270 g/mol. The van der Waals surface area contributed by atoms with Gasteiger partial charge in [-0.05, 0) is 48.9 Å². The number of hydrogen-bond donors (Lipinski definition) is 2. The van der Waals surface area contributed by atoms with Crippen molar-refractivity contribution in [2.75, 3.05) is 12.3 Å². The van der Waals surface area contributed by atoms with Crippen molar-refractivity contribution < 1.29 is 5.11 Å². The lowest BCUT2D eigenvalue weighted by Crippen LogP contribution is -2.26. The van der Waals surface area contributed by atoms with E-state index in [1.54, 1.807) is 6.07 Å². The maximum absolute atomic E-state index is 9.61. The first-order valence-electron chi connectivity index (χ1n) is 6.97. The van der Waals surface area contributed by atoms with Gasteiger partial charge in [0.15, 0.2) is 0 Å². The van der Waals surface area contributed by atoms with E-state index in [4.69, 9.17) is 5.73 Å². The molecule has 20 heavy (non-hydrogen) atoms. The molecule has 0 aromatic heterocycles. The van der Waals surface area contributed by atoms with Crippen molar-refractivity contribution in [3.63, 3.8) is 0 Å². The van der Waals surface area contributed by atoms with Crippen LogP contribution in [-0.2, 0) is 6.54 Å². The summed E-state index contributed by atoms with van der Waals surface area (Å²) < 4.78 is 0. The number of rotatable bonds is 5. The summed E-state index contributed by atoms with van der Waals surface area (Å²) >= 11 is 0. The highest BCUT2D eigenvalue weighted by Crippen LogP contribution is 2.25. The first-order valence-corrected chi connectivity index (χ1v) is 6.97. The van der Waals surface area contributed by atoms with E-state index in [1.807, 2.05) is 36.4 Å². The number of nitrogen functional groups attached to an aromatic ring is 1. The molecule has 106 valence electrons. The minimum Gasteiger partial charge on any atom is -0.508 e. The number of phenolic OH excluding ortho intramolecular Hbond substituents is 1. The summed E-state index contributed by atoms with van der Waals surface area (Å²) in [6.07, 6.45) is 0. The van der Waals surface area contributed by atoms with Gasteiger partial charge in [-0.2, -0.15) is 0 Å². The molecule has 2 aromatic rings. The second-order valence-corrected chi connectivity index (χ2v) is 5.08. The van der Waals surface area contributed by atoms with Crippen LogP contribution in [0.5, 0.6) is 5.75 Å². The minimum absolute atomic E-state index is 0.244. The molecule has 3 N–H and O–H groups in total. The van der Waals surface area contributed by atoms with E-state index in [9.17, 15) is 5.11 Å². The Bertz CT molecular complexity index is 568. The van der Waals surface area contributed by atoms with Gasteiger partial charge in [0.25, 0.3) is 0 Å². The molecule has 0 radical (unpaired) electrons. The third-order valence-electron chi connectivity index (χ3n) is 3.64. The highest BCUT2D eigenvalue weighted by atomic mass is 16.3. The van der Waals surface area contributed by atoms with Crippen molar-refractivity contribution in [2.45, 2.75) is 26.4 Å². The predicted octanol–water partition coefficient (Wildman–Crippen LogP) is 3.56. The monoisotopic (exact) mass is 270 g/mol. The Balaban J connectivity index is 2.15. The summed E-state index contributed by atoms with van der Waals surface area (Å²) in [6, 6.07) is 15.7. The molecular formula is C17H22N2O. The summed E-state index contributed by atoms with van der Waals surface area (Å²) in [5.74, 6) is 0.314. The van der Waals surface area contributed by atoms with Crippen molar-refractivity contribution in [1.82, 2.24) is 4.90 Å². The molecule has 0 heterocycles. The van der Waals surface area contributed by atoms with Crippen LogP contribution >= 0.6 is 0 Å². The summed E-state index contributed by atoms with van der Waals surface area (Å²) in [4.78, 5) is 2.35. The number of phenols is 1. The van der Waals surface area contributed by atoms with Crippen LogP contribution in [-0.4, -0.2) is 16.6 Å². The highest BCUT2D eigenvalue weighted by molar-refractivity contribution is 5.40. The zero-order valence-corrected chi connectivity index (χ0v) is 12.1. The highest BCUT2D eigenvalue weighted by Gasteiger charge is 2.15. The van der Waals surface area contributed by atoms with Gasteiger partial charge in [-0.3, -0.25) is 4.90 Å². The molecule has 0 saturated carbocycles. The fraction of sp³-hybridized carbons (Fsp3) is 0.294. The Labute approximate surface area is 120 Å². The van der Waals surface area contributed by atoms with Gasteiger partial charge in [0.2, 0.25) is 0 Å². The number of benzene rings is 2. The van der Waals surface area contributed by atoms with Crippen LogP contribution in [0.1, 0.15) is 31.0 Å². The molecule has 1 unspecified atom stereocenters. The number of nitrogens with two attached hydrogens (primary N) is 1. The van der Waals surface area contributed by atoms with Gasteiger partial charge in [0, 0.05) is 18.3 Å². The lowest BCUT2D eigenvalue weighted by molar-refractivity contribution is 0.212. The molecule has 0 aliphatic carbocycles. The lowest BCUT2D eigenvalue weighted by Gasteiger charge is -2.28. The van der Waals surface area contributed by atoms with Crippen LogP contribution in [0.15, 0.2) is 48.5 Å². The number of nitrogens with zero attached hydrogens (tertiary/aromatic N) is 1. The van der Waals surface area contributed by atoms with Gasteiger partial charge in [-0.25, -0.2) is 0 Å². The number of hydrogen-bond acceptors (Lipinski definition) is 3. The Morgan fingerprint density at radius 3 is 2.55 bits per heavy atom. The molecule has 1 atom stereocenters. The largest absolute Gasteiger partial charge is 0.508 e. The lowest BCUT2D eigenvalue weighted by atomic mass is 10.1. The molecule has 0 aliphatic heterocycles. The van der Waals surface area contributed by atoms with Gasteiger partial charge in [-0.15, -0.1) is 0 Å². The van der Waals surface area contributed by atoms with Gasteiger partial charge < -0.3 is 10.8 Å². The molecule has 2 aromatic carbocycles. The molecule has 3 nitrogen and oxygen atoms in total. The summed E-state index contributed by atoms with van der Waals surface area (Å²) in [7, 11) is 0. The predicted molar refractivity (Wildman–Crippen MR) is 83.5 cm³/mol. The topological polar surface area (TPSA) is 49.5 Å². The van der Waals surface area contributed by atoms with Gasteiger partial charge in [0.05, 0.1) is 0 Å². The number of anilines is 1. The zero-order valence-electron chi connectivity index (χ0n) is 12.1. The molecule has 0 fully saturated rings. The first kappa shape index (κ1) is 14.4. The Hall–Kier alpha value is -2.00. The zero-order chi connectivity index (χ0) is 14.5. The first-order chi connectivity index (χ1) is 9.60. The van der Waals surface area contributed by atoms with Gasteiger partial charge >= 0.3 is 0 Å². The van der Waals surface area contributed by atoms with E-state index >= 15 is 0 Å². The quantitative estimate of drug-likeness (QED) is 0.817. The minimum atomic E-state index is 0.244. The van der Waals surface area contributed by atoms with Crippen LogP contribution < -0.4 is 5.73 Å². The third-order valence-corrected chi connectivity index (χ3v) is 3.64. The van der Waals surface area contributed by atoms with E-state index in [0.717, 1.165) is 24.3 Å². The third kappa shape index (κ3) is 3.52. The van der Waals surface area contributed by atoms with Crippen molar-refractivity contribution in [3.8, 4) is 5.75 Å². The second kappa shape index (κ2) is 6.44. The standard InChI is InChI=1S/C17H22N2O/c1-3-19(12-14-6-4-8-16(18)10-14)13(2)15-7-5-9-17(20)11-15/h4-11,13,20H,3,12,18H2,1-2H3. The maximum atomic E-state index is 9.61. The Morgan fingerprint density at radius 2 is 1.90 bits per heavy atom. The molecule has 0 amide bonds. The summed E-state index contributed by atoms with van der Waals surface area (Å²) in [5.41, 5.74) is 8.95. The van der Waals surface area contributed by atoms with Crippen molar-refractivity contribution in [1.29, 1.82) is 0 Å². The van der Waals surface area contributed by atoms with Crippen molar-refractivity contribution in [3.05, 3.63) is 59.7 Å². The molecular weight excluding hydrogens is 248 g/mol. The van der Waals surface area contributed by atoms with Crippen LogP contribution in [0.4, 0.5) is 5.69 Å². The molecule has 0 saturated heterocycles. The number of aromatic hydroxyl groups is 1. The molecule has 0 spiro atoms. The van der Waals surface area contributed by atoms with Crippen LogP contribution in [0.2, 0.25) is 0 Å². The smallest absolute Gasteiger partial charge is 0.115 e. The average Bonchev–Trinajstić information content (AvgIpc) is 2.44. The van der Waals surface area contributed by atoms with E-state index in [0.29, 0.717) is 5.75 Å². The van der Waals surface area contributed by atoms with Crippen molar-refractivity contribution >= 4 is 5.69 Å². The SMILES string of the molecule is CCN(Cc1cccc(N)c1)C(C)c1cccc(O)c1. The fourth-order valence-electron chi connectivity index (χ4n) is 2.44. The summed E-state index contributed by atoms with van der Waals surface area (Å²) in [5, 5.41) is 9.61. The molecule has 2 rings (SSSR count). The maximum Gasteiger partial charge on any atom is 0.115 e. The van der Waals surface area contributed by atoms with Crippen LogP contribution in [0.3, 0.4) is 0 Å². The molecule has 0 aliphatic rings. The fourth-order valence-corrected chi connectivity index (χ4v) is 2.44. The van der Waals surface area contributed by atoms with E-state index in [1.165, 1.54) is 5.56 Å². The van der Waals surface area contributed by atoms with Gasteiger partial charge in [0.1, 0.15) is 5.75 Å². The Kier molecular flexibility index (Phi) is 4.64. The normalized spacial score (nSPS) is 12.6. The van der Waals surface area contributed by atoms with E-state index < -0.39 is 0 Å². The molecule has 0 bridgehead atoms. The van der Waals surface area contributed by atoms with E-state index in [2.05, 4.69) is 24.8 Å². The summed E-state index contributed by atoms with van der Waals surface area (Å²) in [6.45, 7) is 6.08. The Morgan fingerprint density at radius 1 is 1.15 bits per heavy atom. The van der Waals surface area contributed by atoms with Crippen LogP contribution in [0.25, 0.3) is 0 Å².